The van der Waals surface area contributed by atoms with E-state index in [4.69, 9.17) is 9.72 Å². The second-order valence-electron chi connectivity index (χ2n) is 8.73. The monoisotopic (exact) mass is 480 g/mol. The number of nitrogens with one attached hydrogen (secondary N) is 1. The standard InChI is InChI=1S/C26H32N4O3S/c1-5-6-22-23(18(3)31)17(2)27-24(22)26(32)30-13-11-29(12-14-30)15-20-16-34-25(28-20)19-7-9-21(33-4)10-8-19/h7-10,16,27H,5-6,11-15H2,1-4H3. The normalized spacial score (nSPS) is 14.4. The molecule has 8 heteroatoms. The first-order valence-electron chi connectivity index (χ1n) is 11.7. The molecule has 0 saturated carbocycles. The van der Waals surface area contributed by atoms with Crippen molar-refractivity contribution in [1.82, 2.24) is 19.8 Å². The van der Waals surface area contributed by atoms with Crippen LogP contribution in [-0.4, -0.2) is 64.7 Å². The van der Waals surface area contributed by atoms with Crippen molar-refractivity contribution >= 4 is 23.0 Å². The molecule has 3 heterocycles. The predicted molar refractivity (Wildman–Crippen MR) is 135 cm³/mol. The Morgan fingerprint density at radius 2 is 1.85 bits per heavy atom. The van der Waals surface area contributed by atoms with Gasteiger partial charge in [-0.1, -0.05) is 13.3 Å². The highest BCUT2D eigenvalue weighted by Crippen LogP contribution is 2.27. The van der Waals surface area contributed by atoms with Gasteiger partial charge in [-0.15, -0.1) is 11.3 Å². The summed E-state index contributed by atoms with van der Waals surface area (Å²) in [5, 5.41) is 3.11. The maximum atomic E-state index is 13.3. The highest BCUT2D eigenvalue weighted by molar-refractivity contribution is 7.13. The zero-order valence-electron chi connectivity index (χ0n) is 20.3. The van der Waals surface area contributed by atoms with Gasteiger partial charge in [0.05, 0.1) is 12.8 Å². The topological polar surface area (TPSA) is 78.5 Å². The Bertz CT molecular complexity index is 1160. The molecule has 4 rings (SSSR count). The number of hydrogen-bond donors (Lipinski definition) is 1. The van der Waals surface area contributed by atoms with E-state index in [2.05, 4.69) is 22.2 Å². The molecule has 2 aromatic heterocycles. The molecule has 1 aromatic carbocycles. The number of piperazine rings is 1. The number of carbonyl (C=O) groups excluding carboxylic acids is 2. The molecule has 0 spiro atoms. The third-order valence-electron chi connectivity index (χ3n) is 6.29. The minimum absolute atomic E-state index is 0.00542. The van der Waals surface area contributed by atoms with Gasteiger partial charge in [0, 0.05) is 54.9 Å². The average molecular weight is 481 g/mol. The van der Waals surface area contributed by atoms with Crippen molar-refractivity contribution in [3.8, 4) is 16.3 Å². The molecule has 0 radical (unpaired) electrons. The Balaban J connectivity index is 1.38. The van der Waals surface area contributed by atoms with Gasteiger partial charge < -0.3 is 14.6 Å². The summed E-state index contributed by atoms with van der Waals surface area (Å²) in [5.74, 6) is 0.842. The fourth-order valence-electron chi connectivity index (χ4n) is 4.58. The van der Waals surface area contributed by atoms with Gasteiger partial charge in [-0.3, -0.25) is 14.5 Å². The molecule has 0 unspecified atom stereocenters. The van der Waals surface area contributed by atoms with E-state index in [-0.39, 0.29) is 11.7 Å². The van der Waals surface area contributed by atoms with Crippen LogP contribution in [0.4, 0.5) is 0 Å². The molecule has 1 aliphatic rings. The smallest absolute Gasteiger partial charge is 0.270 e. The minimum atomic E-state index is -0.00542. The lowest BCUT2D eigenvalue weighted by Crippen LogP contribution is -2.48. The summed E-state index contributed by atoms with van der Waals surface area (Å²) in [5.41, 5.74) is 5.05. The van der Waals surface area contributed by atoms with Crippen molar-refractivity contribution in [2.24, 2.45) is 0 Å². The number of thiazole rings is 1. The first kappa shape index (κ1) is 24.2. The molecule has 1 amide bonds. The Morgan fingerprint density at radius 3 is 2.47 bits per heavy atom. The van der Waals surface area contributed by atoms with Gasteiger partial charge in [0.25, 0.3) is 5.91 Å². The maximum Gasteiger partial charge on any atom is 0.270 e. The van der Waals surface area contributed by atoms with Crippen LogP contribution >= 0.6 is 11.3 Å². The first-order valence-corrected chi connectivity index (χ1v) is 12.6. The number of amides is 1. The molecule has 0 aliphatic carbocycles. The zero-order chi connectivity index (χ0) is 24.2. The van der Waals surface area contributed by atoms with E-state index in [0.29, 0.717) is 24.3 Å². The summed E-state index contributed by atoms with van der Waals surface area (Å²) in [4.78, 5) is 37.7. The number of aryl methyl sites for hydroxylation is 1. The predicted octanol–water partition coefficient (Wildman–Crippen LogP) is 4.57. The van der Waals surface area contributed by atoms with Gasteiger partial charge in [0.1, 0.15) is 16.5 Å². The van der Waals surface area contributed by atoms with E-state index >= 15 is 0 Å². The van der Waals surface area contributed by atoms with Crippen LogP contribution in [0.2, 0.25) is 0 Å². The lowest BCUT2D eigenvalue weighted by atomic mass is 10.0. The highest BCUT2D eigenvalue weighted by Gasteiger charge is 2.28. The summed E-state index contributed by atoms with van der Waals surface area (Å²) in [7, 11) is 1.66. The van der Waals surface area contributed by atoms with Crippen molar-refractivity contribution in [3.05, 3.63) is 57.9 Å². The van der Waals surface area contributed by atoms with Crippen LogP contribution in [0.25, 0.3) is 10.6 Å². The Kier molecular flexibility index (Phi) is 7.48. The van der Waals surface area contributed by atoms with Crippen molar-refractivity contribution in [1.29, 1.82) is 0 Å². The number of benzene rings is 1. The molecule has 0 atom stereocenters. The number of H-pyrrole nitrogens is 1. The number of carbonyl (C=O) groups is 2. The highest BCUT2D eigenvalue weighted by atomic mass is 32.1. The second kappa shape index (κ2) is 10.5. The summed E-state index contributed by atoms with van der Waals surface area (Å²) in [6.07, 6.45) is 1.61. The number of nitrogens with zero attached hydrogens (tertiary/aromatic N) is 3. The maximum absolute atomic E-state index is 13.3. The number of aromatic nitrogens is 2. The number of rotatable bonds is 8. The van der Waals surface area contributed by atoms with Crippen LogP contribution in [0.5, 0.6) is 5.75 Å². The van der Waals surface area contributed by atoms with Gasteiger partial charge in [-0.2, -0.15) is 0 Å². The number of aromatic amines is 1. The number of Topliss-reactive ketones (excluding diaryl/α,β-unsaturated/α-hetero) is 1. The summed E-state index contributed by atoms with van der Waals surface area (Å²) >= 11 is 1.64. The van der Waals surface area contributed by atoms with E-state index < -0.39 is 0 Å². The van der Waals surface area contributed by atoms with E-state index in [1.165, 1.54) is 0 Å². The van der Waals surface area contributed by atoms with Crippen molar-refractivity contribution < 1.29 is 14.3 Å². The molecule has 3 aromatic rings. The van der Waals surface area contributed by atoms with Crippen LogP contribution < -0.4 is 4.74 Å². The van der Waals surface area contributed by atoms with Gasteiger partial charge >= 0.3 is 0 Å². The molecule has 34 heavy (non-hydrogen) atoms. The molecular weight excluding hydrogens is 448 g/mol. The van der Waals surface area contributed by atoms with Gasteiger partial charge in [0.15, 0.2) is 5.78 Å². The van der Waals surface area contributed by atoms with Crippen molar-refractivity contribution in [2.75, 3.05) is 33.3 Å². The Morgan fingerprint density at radius 1 is 1.15 bits per heavy atom. The number of methoxy groups -OCH3 is 1. The number of hydrogen-bond acceptors (Lipinski definition) is 6. The molecule has 1 N–H and O–H groups in total. The molecule has 1 saturated heterocycles. The largest absolute Gasteiger partial charge is 0.497 e. The number of ketones is 1. The van der Waals surface area contributed by atoms with E-state index in [9.17, 15) is 9.59 Å². The van der Waals surface area contributed by atoms with Gasteiger partial charge in [0.2, 0.25) is 0 Å². The van der Waals surface area contributed by atoms with Crippen molar-refractivity contribution in [3.63, 3.8) is 0 Å². The lowest BCUT2D eigenvalue weighted by molar-refractivity contribution is 0.0621. The SMILES string of the molecule is CCCc1c(C(=O)N2CCN(Cc3csc(-c4ccc(OC)cc4)n3)CC2)[nH]c(C)c1C(C)=O. The average Bonchev–Trinajstić information content (AvgIpc) is 3.43. The molecule has 7 nitrogen and oxygen atoms in total. The third-order valence-corrected chi connectivity index (χ3v) is 7.23. The van der Waals surface area contributed by atoms with E-state index in [0.717, 1.165) is 65.7 Å². The third kappa shape index (κ3) is 5.08. The Labute approximate surface area is 204 Å². The van der Waals surface area contributed by atoms with Crippen molar-refractivity contribution in [2.45, 2.75) is 40.2 Å². The lowest BCUT2D eigenvalue weighted by Gasteiger charge is -2.34. The second-order valence-corrected chi connectivity index (χ2v) is 9.58. The first-order chi connectivity index (χ1) is 16.4. The quantitative estimate of drug-likeness (QED) is 0.478. The molecule has 1 fully saturated rings. The summed E-state index contributed by atoms with van der Waals surface area (Å²) < 4.78 is 5.23. The van der Waals surface area contributed by atoms with Crippen LogP contribution in [0.3, 0.4) is 0 Å². The zero-order valence-corrected chi connectivity index (χ0v) is 21.1. The van der Waals surface area contributed by atoms with Gasteiger partial charge in [-0.25, -0.2) is 4.98 Å². The molecule has 0 bridgehead atoms. The number of ether oxygens (including phenoxy) is 1. The van der Waals surface area contributed by atoms with E-state index in [1.54, 1.807) is 25.4 Å². The fraction of sp³-hybridized carbons (Fsp3) is 0.423. The van der Waals surface area contributed by atoms with Crippen LogP contribution in [0.1, 0.15) is 58.1 Å². The van der Waals surface area contributed by atoms with Crippen LogP contribution in [0.15, 0.2) is 29.6 Å². The van der Waals surface area contributed by atoms with Gasteiger partial charge in [-0.05, 0) is 50.1 Å². The van der Waals surface area contributed by atoms with E-state index in [1.807, 2.05) is 36.1 Å². The molecular formula is C26H32N4O3S. The minimum Gasteiger partial charge on any atom is -0.497 e. The Hall–Kier alpha value is -2.97. The van der Waals surface area contributed by atoms with Crippen LogP contribution in [0, 0.1) is 6.92 Å². The molecule has 180 valence electrons. The summed E-state index contributed by atoms with van der Waals surface area (Å²) in [6.45, 7) is 9.19. The summed E-state index contributed by atoms with van der Waals surface area (Å²) in [6, 6.07) is 7.95. The fourth-order valence-corrected chi connectivity index (χ4v) is 5.39. The van der Waals surface area contributed by atoms with Crippen LogP contribution in [-0.2, 0) is 13.0 Å². The molecule has 1 aliphatic heterocycles.